The van der Waals surface area contributed by atoms with Gasteiger partial charge in [0, 0.05) is 30.5 Å². The lowest BCUT2D eigenvalue weighted by Crippen LogP contribution is -2.55. The topological polar surface area (TPSA) is 143 Å². The van der Waals surface area contributed by atoms with E-state index in [1.807, 2.05) is 20.8 Å². The number of ether oxygens (including phenoxy) is 1. The molecule has 4 N–H and O–H groups in total. The second kappa shape index (κ2) is 13.5. The summed E-state index contributed by atoms with van der Waals surface area (Å²) in [6.07, 6.45) is 7.71. The third kappa shape index (κ3) is 10.7. The van der Waals surface area contributed by atoms with Crippen molar-refractivity contribution in [3.8, 4) is 0 Å². The number of nitrogens with zero attached hydrogens (tertiary/aromatic N) is 2. The van der Waals surface area contributed by atoms with E-state index in [0.29, 0.717) is 19.6 Å². The summed E-state index contributed by atoms with van der Waals surface area (Å²) in [4.78, 5) is 41.5. The predicted octanol–water partition coefficient (Wildman–Crippen LogP) is 1.86. The van der Waals surface area contributed by atoms with Crippen LogP contribution in [0.4, 0.5) is 4.79 Å². The Morgan fingerprint density at radius 2 is 2.00 bits per heavy atom. The number of amides is 3. The lowest BCUT2D eigenvalue weighted by molar-refractivity contribution is -0.128. The lowest BCUT2D eigenvalue weighted by atomic mass is 9.83. The zero-order valence-corrected chi connectivity index (χ0v) is 18.8. The molecule has 0 spiro atoms. The molecule has 3 atom stereocenters. The first-order valence-corrected chi connectivity index (χ1v) is 10.5. The van der Waals surface area contributed by atoms with Gasteiger partial charge in [0.2, 0.25) is 5.91 Å². The number of rotatable bonds is 7. The third-order valence-corrected chi connectivity index (χ3v) is 4.56. The Morgan fingerprint density at radius 1 is 1.29 bits per heavy atom. The average Bonchev–Trinajstić information content (AvgIpc) is 2.71. The number of hydrogen-bond acceptors (Lipinski definition) is 6. The Morgan fingerprint density at radius 3 is 2.58 bits per heavy atom. The van der Waals surface area contributed by atoms with Crippen molar-refractivity contribution in [2.24, 2.45) is 5.92 Å². The second-order valence-corrected chi connectivity index (χ2v) is 8.39. The monoisotopic (exact) mass is 437 g/mol. The number of hydrogen-bond donors (Lipinski definition) is 4. The first-order valence-electron chi connectivity index (χ1n) is 10.5. The van der Waals surface area contributed by atoms with E-state index < -0.39 is 0 Å². The highest BCUT2D eigenvalue weighted by atomic mass is 16.5. The van der Waals surface area contributed by atoms with Gasteiger partial charge in [-0.1, -0.05) is 6.92 Å². The summed E-state index contributed by atoms with van der Waals surface area (Å²) >= 11 is 0. The maximum Gasteiger partial charge on any atom is 0.315 e. The van der Waals surface area contributed by atoms with Gasteiger partial charge in [0.25, 0.3) is 6.47 Å². The van der Waals surface area contributed by atoms with E-state index in [9.17, 15) is 9.59 Å². The molecule has 3 amide bonds. The summed E-state index contributed by atoms with van der Waals surface area (Å²) in [5.74, 6) is -0.194. The molecule has 1 aliphatic carbocycles. The highest BCUT2D eigenvalue weighted by molar-refractivity contribution is 5.79. The van der Waals surface area contributed by atoms with Crippen LogP contribution in [0.1, 0.15) is 59.1 Å². The van der Waals surface area contributed by atoms with Crippen molar-refractivity contribution in [1.29, 1.82) is 0 Å². The van der Waals surface area contributed by atoms with Gasteiger partial charge in [0.15, 0.2) is 0 Å². The van der Waals surface area contributed by atoms with Crippen LogP contribution in [0.25, 0.3) is 0 Å². The molecule has 0 radical (unpaired) electrons. The van der Waals surface area contributed by atoms with Crippen molar-refractivity contribution in [3.63, 3.8) is 0 Å². The van der Waals surface area contributed by atoms with Crippen molar-refractivity contribution in [3.05, 3.63) is 24.3 Å². The number of nitrogens with one attached hydrogen (secondary N) is 3. The third-order valence-electron chi connectivity index (χ3n) is 4.56. The van der Waals surface area contributed by atoms with Crippen molar-refractivity contribution in [2.75, 3.05) is 6.61 Å². The fourth-order valence-corrected chi connectivity index (χ4v) is 3.29. The Hall–Kier alpha value is -2.75. The molecule has 1 aromatic rings. The van der Waals surface area contributed by atoms with Crippen LogP contribution in [0, 0.1) is 5.92 Å². The number of urea groups is 1. The van der Waals surface area contributed by atoms with E-state index in [1.54, 1.807) is 18.6 Å². The van der Waals surface area contributed by atoms with Crippen molar-refractivity contribution in [1.82, 2.24) is 25.9 Å². The summed E-state index contributed by atoms with van der Waals surface area (Å²) in [6.45, 7) is 8.60. The Kier molecular flexibility index (Phi) is 11.5. The number of carbonyl (C=O) groups excluding carboxylic acids is 2. The van der Waals surface area contributed by atoms with Crippen molar-refractivity contribution >= 4 is 18.4 Å². The molecule has 1 aromatic heterocycles. The minimum Gasteiger partial charge on any atom is -0.483 e. The van der Waals surface area contributed by atoms with Crippen LogP contribution in [0.15, 0.2) is 18.6 Å². The molecule has 0 aromatic carbocycles. The van der Waals surface area contributed by atoms with Crippen LogP contribution >= 0.6 is 0 Å². The summed E-state index contributed by atoms with van der Waals surface area (Å²) < 4.78 is 5.94. The summed E-state index contributed by atoms with van der Waals surface area (Å²) in [6, 6.07) is -0.432. The van der Waals surface area contributed by atoms with Gasteiger partial charge in [-0.3, -0.25) is 19.6 Å². The standard InChI is InChI=1S/C20H33N5O3.CH2O2/c1-5-10-28-17-7-6-14(11-16(17)24-19(27)25-20(2,3)4)18(26)23-13-15-12-21-8-9-22-15;2-1-3/h8-9,12,14,16-17H,5-7,10-11,13H2,1-4H3,(H,23,26)(H2,24,25,27);1H,(H,2,3)/t14-,16+,17+;/m0./s1. The highest BCUT2D eigenvalue weighted by Crippen LogP contribution is 2.27. The van der Waals surface area contributed by atoms with Crippen molar-refractivity contribution < 1.29 is 24.2 Å². The number of carboxylic acid groups (broad SMARTS) is 1. The molecule has 0 unspecified atom stereocenters. The molecule has 1 aliphatic rings. The summed E-state index contributed by atoms with van der Waals surface area (Å²) in [5.41, 5.74) is 0.390. The van der Waals surface area contributed by atoms with Gasteiger partial charge in [-0.2, -0.15) is 0 Å². The van der Waals surface area contributed by atoms with E-state index in [2.05, 4.69) is 32.8 Å². The van der Waals surface area contributed by atoms with Gasteiger partial charge < -0.3 is 25.8 Å². The van der Waals surface area contributed by atoms with E-state index in [-0.39, 0.29) is 42.0 Å². The molecule has 1 fully saturated rings. The van der Waals surface area contributed by atoms with E-state index >= 15 is 0 Å². The normalized spacial score (nSPS) is 20.6. The fraction of sp³-hybridized carbons (Fsp3) is 0.667. The number of aromatic nitrogens is 2. The Balaban J connectivity index is 0.00000151. The molecule has 0 bridgehead atoms. The van der Waals surface area contributed by atoms with Crippen LogP contribution in [0.5, 0.6) is 0 Å². The molecule has 1 saturated carbocycles. The molecular weight excluding hydrogens is 402 g/mol. The summed E-state index contributed by atoms with van der Waals surface area (Å²) in [7, 11) is 0. The van der Waals surface area contributed by atoms with Crippen LogP contribution < -0.4 is 16.0 Å². The number of carbonyl (C=O) groups is 3. The van der Waals surface area contributed by atoms with Crippen LogP contribution in [-0.2, 0) is 20.9 Å². The van der Waals surface area contributed by atoms with Gasteiger partial charge in [0.05, 0.1) is 30.6 Å². The Labute approximate surface area is 183 Å². The van der Waals surface area contributed by atoms with Gasteiger partial charge in [-0.25, -0.2) is 4.79 Å². The van der Waals surface area contributed by atoms with E-state index in [0.717, 1.165) is 25.0 Å². The SMILES string of the molecule is CCCO[C@@H]1CC[C@H](C(=O)NCc2cnccn2)C[C@H]1NC(=O)NC(C)(C)C.O=CO. The smallest absolute Gasteiger partial charge is 0.315 e. The molecule has 0 aliphatic heterocycles. The summed E-state index contributed by atoms with van der Waals surface area (Å²) in [5, 5.41) is 15.7. The predicted molar refractivity (Wildman–Crippen MR) is 115 cm³/mol. The maximum absolute atomic E-state index is 12.6. The molecule has 10 heteroatoms. The van der Waals surface area contributed by atoms with Gasteiger partial charge >= 0.3 is 6.03 Å². The molecule has 10 nitrogen and oxygen atoms in total. The van der Waals surface area contributed by atoms with Crippen LogP contribution in [-0.4, -0.2) is 57.8 Å². The zero-order chi connectivity index (χ0) is 23.3. The largest absolute Gasteiger partial charge is 0.483 e. The van der Waals surface area contributed by atoms with Gasteiger partial charge in [-0.15, -0.1) is 0 Å². The molecule has 174 valence electrons. The zero-order valence-electron chi connectivity index (χ0n) is 18.8. The first-order chi connectivity index (χ1) is 14.7. The second-order valence-electron chi connectivity index (χ2n) is 8.39. The minimum absolute atomic E-state index is 0.0253. The van der Waals surface area contributed by atoms with Gasteiger partial charge in [-0.05, 0) is 46.5 Å². The van der Waals surface area contributed by atoms with Crippen LogP contribution in [0.3, 0.4) is 0 Å². The quantitative estimate of drug-likeness (QED) is 0.477. The van der Waals surface area contributed by atoms with Crippen LogP contribution in [0.2, 0.25) is 0 Å². The van der Waals surface area contributed by atoms with Crippen molar-refractivity contribution in [2.45, 2.75) is 77.6 Å². The maximum atomic E-state index is 12.6. The van der Waals surface area contributed by atoms with E-state index in [1.165, 1.54) is 0 Å². The van der Waals surface area contributed by atoms with Gasteiger partial charge in [0.1, 0.15) is 0 Å². The lowest BCUT2D eigenvalue weighted by Gasteiger charge is -2.36. The molecule has 1 heterocycles. The fourth-order valence-electron chi connectivity index (χ4n) is 3.29. The van der Waals surface area contributed by atoms with E-state index in [4.69, 9.17) is 14.6 Å². The minimum atomic E-state index is -0.327. The molecule has 0 saturated heterocycles. The molecule has 2 rings (SSSR count). The molecule has 31 heavy (non-hydrogen) atoms. The average molecular weight is 438 g/mol. The Bertz CT molecular complexity index is 680. The molecular formula is C21H35N5O5. The highest BCUT2D eigenvalue weighted by Gasteiger charge is 2.35. The first kappa shape index (κ1) is 26.3.